The number of hydrogen-bond donors (Lipinski definition) is 4. The molecule has 2 unspecified atom stereocenters. The summed E-state index contributed by atoms with van der Waals surface area (Å²) < 4.78 is 10.8. The second kappa shape index (κ2) is 17.2. The van der Waals surface area contributed by atoms with Crippen LogP contribution in [0.25, 0.3) is 0 Å². The number of imide groups is 1. The van der Waals surface area contributed by atoms with Gasteiger partial charge in [-0.2, -0.15) is 0 Å². The lowest BCUT2D eigenvalue weighted by molar-refractivity contribution is -0.165. The average molecular weight is 694 g/mol. The number of nitrogens with one attached hydrogen (secondary N) is 2. The van der Waals surface area contributed by atoms with E-state index in [-0.39, 0.29) is 26.1 Å². The zero-order valence-electron chi connectivity index (χ0n) is 28.7. The van der Waals surface area contributed by atoms with Crippen LogP contribution in [0.1, 0.15) is 64.0 Å². The van der Waals surface area contributed by atoms with Crippen LogP contribution in [-0.4, -0.2) is 99.6 Å². The SMILES string of the molecule is CC(C)(C)OC(=O)[C@@H]1CCCN1C(=O)C(O)C(Cc1ccccc1)NC(=O)[C@@H](N)CC(=O)NC(=O)[C@@H]1CCCN1C(=O)OCc1ccccc1. The minimum Gasteiger partial charge on any atom is -0.458 e. The summed E-state index contributed by atoms with van der Waals surface area (Å²) in [6, 6.07) is 13.5. The molecule has 0 saturated carbocycles. The van der Waals surface area contributed by atoms with Crippen molar-refractivity contribution >= 4 is 35.7 Å². The number of benzene rings is 2. The van der Waals surface area contributed by atoms with Crippen LogP contribution in [0, 0.1) is 0 Å². The summed E-state index contributed by atoms with van der Waals surface area (Å²) in [6.07, 6.45) is -1.21. The fourth-order valence-electron chi connectivity index (χ4n) is 6.01. The molecular formula is C36H47N5O9. The third-order valence-electron chi connectivity index (χ3n) is 8.47. The first kappa shape index (κ1) is 38.0. The molecule has 0 aromatic heterocycles. The fraction of sp³-hybridized carbons (Fsp3) is 0.500. The van der Waals surface area contributed by atoms with E-state index < -0.39 is 78.0 Å². The quantitative estimate of drug-likeness (QED) is 0.237. The Morgan fingerprint density at radius 1 is 0.880 bits per heavy atom. The highest BCUT2D eigenvalue weighted by Gasteiger charge is 2.42. The molecule has 2 heterocycles. The summed E-state index contributed by atoms with van der Waals surface area (Å²) in [5, 5.41) is 16.1. The predicted octanol–water partition coefficient (Wildman–Crippen LogP) is 1.57. The number of nitrogens with zero attached hydrogens (tertiary/aromatic N) is 2. The smallest absolute Gasteiger partial charge is 0.410 e. The Morgan fingerprint density at radius 2 is 1.46 bits per heavy atom. The summed E-state index contributed by atoms with van der Waals surface area (Å²) in [4.78, 5) is 80.7. The molecule has 14 nitrogen and oxygen atoms in total. The molecular weight excluding hydrogens is 646 g/mol. The average Bonchev–Trinajstić information content (AvgIpc) is 3.77. The van der Waals surface area contributed by atoms with E-state index in [0.717, 1.165) is 5.56 Å². The molecule has 2 fully saturated rings. The van der Waals surface area contributed by atoms with Crippen molar-refractivity contribution in [1.29, 1.82) is 0 Å². The Bertz CT molecular complexity index is 1510. The van der Waals surface area contributed by atoms with E-state index in [1.807, 2.05) is 18.2 Å². The zero-order chi connectivity index (χ0) is 36.4. The third kappa shape index (κ3) is 10.6. The van der Waals surface area contributed by atoms with E-state index in [9.17, 15) is 33.9 Å². The molecule has 0 radical (unpaired) electrons. The van der Waals surface area contributed by atoms with Crippen molar-refractivity contribution < 1.29 is 43.3 Å². The fourth-order valence-corrected chi connectivity index (χ4v) is 6.01. The summed E-state index contributed by atoms with van der Waals surface area (Å²) >= 11 is 0. The van der Waals surface area contributed by atoms with Gasteiger partial charge in [-0.05, 0) is 64.0 Å². The molecule has 0 spiro atoms. The Labute approximate surface area is 291 Å². The number of likely N-dealkylation sites (tertiary alicyclic amines) is 2. The minimum absolute atomic E-state index is 0.0291. The van der Waals surface area contributed by atoms with Gasteiger partial charge in [-0.25, -0.2) is 9.59 Å². The van der Waals surface area contributed by atoms with Gasteiger partial charge in [0.15, 0.2) is 6.10 Å². The predicted molar refractivity (Wildman–Crippen MR) is 181 cm³/mol. The van der Waals surface area contributed by atoms with Crippen molar-refractivity contribution in [3.05, 3.63) is 71.8 Å². The third-order valence-corrected chi connectivity index (χ3v) is 8.47. The number of nitrogens with two attached hydrogens (primary N) is 1. The van der Waals surface area contributed by atoms with Crippen LogP contribution in [0.3, 0.4) is 0 Å². The zero-order valence-corrected chi connectivity index (χ0v) is 28.7. The van der Waals surface area contributed by atoms with Crippen molar-refractivity contribution in [3.63, 3.8) is 0 Å². The van der Waals surface area contributed by atoms with Crippen LogP contribution >= 0.6 is 0 Å². The molecule has 2 aliphatic heterocycles. The summed E-state index contributed by atoms with van der Waals surface area (Å²) in [5.74, 6) is -3.72. The Hall–Kier alpha value is -4.82. The van der Waals surface area contributed by atoms with E-state index >= 15 is 0 Å². The maximum absolute atomic E-state index is 13.6. The number of aliphatic hydroxyl groups is 1. The van der Waals surface area contributed by atoms with Gasteiger partial charge in [-0.15, -0.1) is 0 Å². The van der Waals surface area contributed by atoms with Crippen molar-refractivity contribution in [2.75, 3.05) is 13.1 Å². The number of aliphatic hydroxyl groups excluding tert-OH is 1. The van der Waals surface area contributed by atoms with Gasteiger partial charge in [0.2, 0.25) is 17.7 Å². The molecule has 50 heavy (non-hydrogen) atoms. The lowest BCUT2D eigenvalue weighted by Gasteiger charge is -2.31. The Kier molecular flexibility index (Phi) is 13.1. The highest BCUT2D eigenvalue weighted by atomic mass is 16.6. The van der Waals surface area contributed by atoms with E-state index in [2.05, 4.69) is 10.6 Å². The molecule has 5 amide bonds. The Balaban J connectivity index is 1.35. The number of carbonyl (C=O) groups excluding carboxylic acids is 6. The standard InChI is InChI=1S/C36H47N5O9/c1-36(2,3)50-34(47)28-17-11-18-40(28)33(46)30(43)26(20-23-12-6-4-7-13-23)38-31(44)25(37)21-29(42)39-32(45)27-16-10-19-41(27)35(48)49-22-24-14-8-5-9-15-24/h4-9,12-15,25-28,30,43H,10-11,16-22,37H2,1-3H3,(H,38,44)(H,39,42,45)/t25-,26?,27-,28-,30?/m0/s1. The molecule has 2 aromatic rings. The highest BCUT2D eigenvalue weighted by molar-refractivity contribution is 6.00. The first-order chi connectivity index (χ1) is 23.7. The molecule has 14 heteroatoms. The highest BCUT2D eigenvalue weighted by Crippen LogP contribution is 2.23. The van der Waals surface area contributed by atoms with Gasteiger partial charge in [0.05, 0.1) is 18.5 Å². The second-order valence-corrected chi connectivity index (χ2v) is 13.6. The van der Waals surface area contributed by atoms with Gasteiger partial charge >= 0.3 is 12.1 Å². The minimum atomic E-state index is -1.75. The summed E-state index contributed by atoms with van der Waals surface area (Å²) in [7, 11) is 0. The van der Waals surface area contributed by atoms with Gasteiger partial charge in [-0.1, -0.05) is 60.7 Å². The Morgan fingerprint density at radius 3 is 2.08 bits per heavy atom. The maximum Gasteiger partial charge on any atom is 0.410 e. The lowest BCUT2D eigenvalue weighted by atomic mass is 9.99. The van der Waals surface area contributed by atoms with Gasteiger partial charge < -0.3 is 30.5 Å². The lowest BCUT2D eigenvalue weighted by Crippen LogP contribution is -2.57. The topological polar surface area (TPSA) is 198 Å². The van der Waals surface area contributed by atoms with Gasteiger partial charge in [0, 0.05) is 13.1 Å². The molecule has 2 aliphatic rings. The number of amides is 5. The van der Waals surface area contributed by atoms with E-state index in [0.29, 0.717) is 31.2 Å². The van der Waals surface area contributed by atoms with Crippen LogP contribution in [0.15, 0.2) is 60.7 Å². The van der Waals surface area contributed by atoms with Crippen molar-refractivity contribution in [3.8, 4) is 0 Å². The number of hydrogen-bond acceptors (Lipinski definition) is 10. The van der Waals surface area contributed by atoms with Gasteiger partial charge in [-0.3, -0.25) is 29.4 Å². The van der Waals surface area contributed by atoms with Crippen molar-refractivity contribution in [1.82, 2.24) is 20.4 Å². The van der Waals surface area contributed by atoms with Crippen LogP contribution in [0.5, 0.6) is 0 Å². The first-order valence-corrected chi connectivity index (χ1v) is 16.9. The van der Waals surface area contributed by atoms with Crippen LogP contribution in [0.2, 0.25) is 0 Å². The van der Waals surface area contributed by atoms with Crippen molar-refractivity contribution in [2.45, 2.75) is 102 Å². The number of rotatable bonds is 12. The molecule has 0 aliphatic carbocycles. The molecule has 5 N–H and O–H groups in total. The number of carbonyl (C=O) groups is 6. The summed E-state index contributed by atoms with van der Waals surface area (Å²) in [5.41, 5.74) is 6.79. The molecule has 2 aromatic carbocycles. The first-order valence-electron chi connectivity index (χ1n) is 16.9. The summed E-state index contributed by atoms with van der Waals surface area (Å²) in [6.45, 7) is 5.70. The second-order valence-electron chi connectivity index (χ2n) is 13.6. The molecule has 2 saturated heterocycles. The van der Waals surface area contributed by atoms with Gasteiger partial charge in [0.1, 0.15) is 24.3 Å². The molecule has 5 atom stereocenters. The number of ether oxygens (including phenoxy) is 2. The van der Waals surface area contributed by atoms with Crippen molar-refractivity contribution in [2.24, 2.45) is 5.73 Å². The van der Waals surface area contributed by atoms with Crippen LogP contribution in [-0.2, 0) is 46.5 Å². The maximum atomic E-state index is 13.6. The van der Waals surface area contributed by atoms with E-state index in [1.54, 1.807) is 63.2 Å². The largest absolute Gasteiger partial charge is 0.458 e. The molecule has 0 bridgehead atoms. The van der Waals surface area contributed by atoms with Crippen LogP contribution < -0.4 is 16.4 Å². The monoisotopic (exact) mass is 693 g/mol. The normalized spacial score (nSPS) is 19.2. The van der Waals surface area contributed by atoms with E-state index in [4.69, 9.17) is 15.2 Å². The van der Waals surface area contributed by atoms with Gasteiger partial charge in [0.25, 0.3) is 5.91 Å². The van der Waals surface area contributed by atoms with Crippen LogP contribution in [0.4, 0.5) is 4.79 Å². The van der Waals surface area contributed by atoms with E-state index in [1.165, 1.54) is 9.80 Å². The molecule has 270 valence electrons. The molecule has 4 rings (SSSR count). The number of esters is 1.